The molecule has 3 rings (SSSR count). The second-order valence-electron chi connectivity index (χ2n) is 4.78. The van der Waals surface area contributed by atoms with Crippen LogP contribution in [-0.4, -0.2) is 36.8 Å². The average molecular weight is 247 g/mol. The minimum Gasteiger partial charge on any atom is -0.461 e. The van der Waals surface area contributed by atoms with Crippen molar-refractivity contribution in [1.29, 1.82) is 0 Å². The smallest absolute Gasteiger partial charge is 0.134 e. The lowest BCUT2D eigenvalue weighted by molar-refractivity contribution is 0.265. The van der Waals surface area contributed by atoms with Gasteiger partial charge in [0.15, 0.2) is 0 Å². The molecule has 1 aliphatic rings. The van der Waals surface area contributed by atoms with E-state index in [9.17, 15) is 0 Å². The van der Waals surface area contributed by atoms with Crippen LogP contribution in [0, 0.1) is 0 Å². The zero-order valence-corrected chi connectivity index (χ0v) is 11.3. The van der Waals surface area contributed by atoms with E-state index in [0.717, 1.165) is 32.1 Å². The van der Waals surface area contributed by atoms with E-state index < -0.39 is 0 Å². The predicted octanol–water partition coefficient (Wildman–Crippen LogP) is 2.46. The highest BCUT2D eigenvalue weighted by atomic mass is 16.3. The van der Waals surface area contributed by atoms with Crippen LogP contribution in [0.2, 0.25) is 0 Å². The number of nitrogens with zero attached hydrogens (tertiary/aromatic N) is 1. The Balaban J connectivity index is 0.000000574. The number of hydrogen-bond acceptors (Lipinski definition) is 3. The van der Waals surface area contributed by atoms with Crippen LogP contribution in [0.4, 0.5) is 0 Å². The summed E-state index contributed by atoms with van der Waals surface area (Å²) in [5, 5.41) is 8.31. The number of furan rings is 1. The van der Waals surface area contributed by atoms with Crippen molar-refractivity contribution in [2.75, 3.05) is 20.7 Å². The Morgan fingerprint density at radius 1 is 1.28 bits per heavy atom. The van der Waals surface area contributed by atoms with Crippen molar-refractivity contribution in [2.45, 2.75) is 25.8 Å². The van der Waals surface area contributed by atoms with Gasteiger partial charge < -0.3 is 14.4 Å². The number of hydrogen-bond donors (Lipinski definition) is 1. The molecule has 0 bridgehead atoms. The van der Waals surface area contributed by atoms with Gasteiger partial charge in [0.1, 0.15) is 11.3 Å². The Labute approximate surface area is 108 Å². The molecular formula is C15H21NO2. The van der Waals surface area contributed by atoms with Gasteiger partial charge in [0.25, 0.3) is 0 Å². The quantitative estimate of drug-likeness (QED) is 0.777. The summed E-state index contributed by atoms with van der Waals surface area (Å²) in [4.78, 5) is 2.41. The van der Waals surface area contributed by atoms with Crippen molar-refractivity contribution >= 4 is 11.0 Å². The molecule has 0 radical (unpaired) electrons. The fourth-order valence-corrected chi connectivity index (χ4v) is 2.52. The maximum absolute atomic E-state index is 7.00. The predicted molar refractivity (Wildman–Crippen MR) is 73.9 cm³/mol. The fourth-order valence-electron chi connectivity index (χ4n) is 2.52. The van der Waals surface area contributed by atoms with Gasteiger partial charge in [-0.25, -0.2) is 0 Å². The third kappa shape index (κ3) is 2.28. The van der Waals surface area contributed by atoms with Gasteiger partial charge in [-0.05, 0) is 26.5 Å². The number of benzene rings is 1. The Kier molecular flexibility index (Phi) is 4.04. The van der Waals surface area contributed by atoms with Crippen LogP contribution < -0.4 is 0 Å². The molecule has 2 heterocycles. The first-order valence-corrected chi connectivity index (χ1v) is 6.40. The van der Waals surface area contributed by atoms with E-state index in [4.69, 9.17) is 9.52 Å². The molecule has 1 unspecified atom stereocenters. The van der Waals surface area contributed by atoms with Gasteiger partial charge in [0.05, 0.1) is 0 Å². The second kappa shape index (κ2) is 5.55. The van der Waals surface area contributed by atoms with E-state index in [0.29, 0.717) is 6.04 Å². The van der Waals surface area contributed by atoms with Gasteiger partial charge in [-0.2, -0.15) is 0 Å². The van der Waals surface area contributed by atoms with E-state index in [1.165, 1.54) is 16.7 Å². The lowest BCUT2D eigenvalue weighted by Gasteiger charge is -2.21. The molecule has 0 amide bonds. The van der Waals surface area contributed by atoms with Crippen LogP contribution in [0.1, 0.15) is 18.2 Å². The molecule has 1 atom stereocenters. The summed E-state index contributed by atoms with van der Waals surface area (Å²) in [5.41, 5.74) is 2.47. The molecule has 18 heavy (non-hydrogen) atoms. The molecule has 0 saturated heterocycles. The third-order valence-electron chi connectivity index (χ3n) is 3.73. The number of aliphatic hydroxyl groups is 1. The molecule has 3 nitrogen and oxygen atoms in total. The Hall–Kier alpha value is -1.32. The molecule has 1 aliphatic heterocycles. The largest absolute Gasteiger partial charge is 0.461 e. The minimum absolute atomic E-state index is 0.599. The molecule has 0 spiro atoms. The van der Waals surface area contributed by atoms with Crippen molar-refractivity contribution in [3.05, 3.63) is 35.6 Å². The molecule has 1 N–H and O–H groups in total. The zero-order chi connectivity index (χ0) is 13.1. The van der Waals surface area contributed by atoms with Crippen LogP contribution in [0.5, 0.6) is 0 Å². The van der Waals surface area contributed by atoms with Crippen molar-refractivity contribution < 1.29 is 9.52 Å². The number of fused-ring (bicyclic) bond motifs is 3. The summed E-state index contributed by atoms with van der Waals surface area (Å²) in [7, 11) is 3.19. The molecule has 3 heteroatoms. The van der Waals surface area contributed by atoms with Crippen molar-refractivity contribution in [1.82, 2.24) is 4.90 Å². The standard InChI is InChI=1S/C14H17NO.CH4O/c1-10-9-12-11-5-3-4-6-13(11)16-14(12)7-8-15(10)2;1-2/h3-6,10H,7-9H2,1-2H3;2H,1H3. The maximum atomic E-state index is 7.00. The van der Waals surface area contributed by atoms with E-state index >= 15 is 0 Å². The molecule has 0 saturated carbocycles. The third-order valence-corrected chi connectivity index (χ3v) is 3.73. The van der Waals surface area contributed by atoms with Gasteiger partial charge >= 0.3 is 0 Å². The molecule has 2 aromatic rings. The first kappa shape index (κ1) is 13.1. The highest BCUT2D eigenvalue weighted by Gasteiger charge is 2.22. The normalized spacial score (nSPS) is 19.9. The lowest BCUT2D eigenvalue weighted by atomic mass is 10.0. The Bertz CT molecular complexity index is 518. The summed E-state index contributed by atoms with van der Waals surface area (Å²) in [6.07, 6.45) is 2.13. The zero-order valence-electron chi connectivity index (χ0n) is 11.3. The average Bonchev–Trinajstić information content (AvgIpc) is 2.69. The highest BCUT2D eigenvalue weighted by Crippen LogP contribution is 2.29. The van der Waals surface area contributed by atoms with Gasteiger partial charge in [0, 0.05) is 37.1 Å². The summed E-state index contributed by atoms with van der Waals surface area (Å²) < 4.78 is 5.94. The maximum Gasteiger partial charge on any atom is 0.134 e. The molecule has 98 valence electrons. The van der Waals surface area contributed by atoms with Gasteiger partial charge in [-0.1, -0.05) is 18.2 Å². The molecule has 1 aromatic heterocycles. The monoisotopic (exact) mass is 247 g/mol. The van der Waals surface area contributed by atoms with Gasteiger partial charge in [0.2, 0.25) is 0 Å². The first-order valence-electron chi connectivity index (χ1n) is 6.40. The van der Waals surface area contributed by atoms with Crippen LogP contribution in [0.25, 0.3) is 11.0 Å². The van der Waals surface area contributed by atoms with Gasteiger partial charge in [-0.15, -0.1) is 0 Å². The molecule has 1 aromatic carbocycles. The van der Waals surface area contributed by atoms with E-state index in [2.05, 4.69) is 37.1 Å². The van der Waals surface area contributed by atoms with Crippen LogP contribution in [0.3, 0.4) is 0 Å². The van der Waals surface area contributed by atoms with E-state index in [-0.39, 0.29) is 0 Å². The highest BCUT2D eigenvalue weighted by molar-refractivity contribution is 5.82. The summed E-state index contributed by atoms with van der Waals surface area (Å²) in [6, 6.07) is 8.98. The topological polar surface area (TPSA) is 36.6 Å². The van der Waals surface area contributed by atoms with E-state index in [1.54, 1.807) is 0 Å². The number of rotatable bonds is 0. The van der Waals surface area contributed by atoms with Crippen molar-refractivity contribution in [3.63, 3.8) is 0 Å². The fraction of sp³-hybridized carbons (Fsp3) is 0.467. The SMILES string of the molecule is CC1Cc2c(oc3ccccc23)CCN1C.CO. The van der Waals surface area contributed by atoms with Crippen molar-refractivity contribution in [2.24, 2.45) is 0 Å². The van der Waals surface area contributed by atoms with Gasteiger partial charge in [-0.3, -0.25) is 0 Å². The van der Waals surface area contributed by atoms with Crippen LogP contribution in [0.15, 0.2) is 28.7 Å². The van der Waals surface area contributed by atoms with Crippen molar-refractivity contribution in [3.8, 4) is 0 Å². The summed E-state index contributed by atoms with van der Waals surface area (Å²) >= 11 is 0. The summed E-state index contributed by atoms with van der Waals surface area (Å²) in [6.45, 7) is 3.38. The van der Waals surface area contributed by atoms with E-state index in [1.807, 2.05) is 6.07 Å². The number of likely N-dealkylation sites (N-methyl/N-ethyl adjacent to an activating group) is 1. The minimum atomic E-state index is 0.599. The van der Waals surface area contributed by atoms with Crippen LogP contribution in [-0.2, 0) is 12.8 Å². The Morgan fingerprint density at radius 2 is 2.00 bits per heavy atom. The lowest BCUT2D eigenvalue weighted by Crippen LogP contribution is -2.30. The first-order chi connectivity index (χ1) is 8.75. The molecular weight excluding hydrogens is 226 g/mol. The molecule has 0 fully saturated rings. The summed E-state index contributed by atoms with van der Waals surface area (Å²) in [5.74, 6) is 1.19. The molecule has 0 aliphatic carbocycles. The number of aliphatic hydroxyl groups excluding tert-OH is 1. The Morgan fingerprint density at radius 3 is 2.78 bits per heavy atom. The second-order valence-corrected chi connectivity index (χ2v) is 4.78. The number of para-hydroxylation sites is 1. The van der Waals surface area contributed by atoms with Crippen LogP contribution >= 0.6 is 0 Å².